The van der Waals surface area contributed by atoms with Crippen LogP contribution in [-0.2, 0) is 10.7 Å². The second-order valence-corrected chi connectivity index (χ2v) is 4.61. The number of aryl methyl sites for hydroxylation is 1. The van der Waals surface area contributed by atoms with Crippen LogP contribution in [0.3, 0.4) is 0 Å². The van der Waals surface area contributed by atoms with Crippen molar-refractivity contribution in [2.45, 2.75) is 13.1 Å². The zero-order valence-electron chi connectivity index (χ0n) is 7.62. The van der Waals surface area contributed by atoms with Gasteiger partial charge >= 0.3 is 13.8 Å². The van der Waals surface area contributed by atoms with Gasteiger partial charge in [0, 0.05) is 0 Å². The monoisotopic (exact) mass is 240 g/mol. The van der Waals surface area contributed by atoms with Crippen LogP contribution in [0.15, 0.2) is 18.2 Å². The molecule has 3 nitrogen and oxygen atoms in total. The molecule has 84 valence electrons. The van der Waals surface area contributed by atoms with Crippen LogP contribution in [0, 0.1) is 6.92 Å². The van der Waals surface area contributed by atoms with E-state index in [2.05, 4.69) is 0 Å². The van der Waals surface area contributed by atoms with E-state index in [1.54, 1.807) is 0 Å². The molecule has 2 N–H and O–H groups in total. The summed E-state index contributed by atoms with van der Waals surface area (Å²) in [5.74, 6) is 0. The van der Waals surface area contributed by atoms with Gasteiger partial charge in [0.25, 0.3) is 0 Å². The molecule has 0 spiro atoms. The average Bonchev–Trinajstić information content (AvgIpc) is 1.99. The first-order chi connectivity index (χ1) is 6.62. The Balaban J connectivity index is 3.27. The molecule has 0 atom stereocenters. The molecule has 0 aliphatic carbocycles. The summed E-state index contributed by atoms with van der Waals surface area (Å²) in [5, 5.41) is -0.379. The molecule has 0 fully saturated rings. The summed E-state index contributed by atoms with van der Waals surface area (Å²) in [6.07, 6.45) is -4.50. The van der Waals surface area contributed by atoms with Crippen molar-refractivity contribution in [2.24, 2.45) is 0 Å². The van der Waals surface area contributed by atoms with E-state index in [-0.39, 0.29) is 10.9 Å². The van der Waals surface area contributed by atoms with Gasteiger partial charge in [-0.1, -0.05) is 0 Å². The third kappa shape index (κ3) is 2.81. The first-order valence-corrected chi connectivity index (χ1v) is 5.47. The summed E-state index contributed by atoms with van der Waals surface area (Å²) in [6.45, 7) is 1.23. The number of hydrogen-bond donors (Lipinski definition) is 2. The molecule has 7 heteroatoms. The van der Waals surface area contributed by atoms with Crippen LogP contribution in [0.4, 0.5) is 13.2 Å². The van der Waals surface area contributed by atoms with Crippen molar-refractivity contribution in [1.29, 1.82) is 0 Å². The van der Waals surface area contributed by atoms with Gasteiger partial charge in [-0.05, 0) is 30.7 Å². The molecule has 0 aliphatic heterocycles. The molecule has 0 aromatic heterocycles. The molecular weight excluding hydrogens is 232 g/mol. The summed E-state index contributed by atoms with van der Waals surface area (Å²) in [7, 11) is -4.50. The number of rotatable bonds is 1. The zero-order valence-corrected chi connectivity index (χ0v) is 8.51. The molecular formula is C8H8F3O3P. The van der Waals surface area contributed by atoms with Crippen LogP contribution in [0.2, 0.25) is 0 Å². The molecule has 0 radical (unpaired) electrons. The molecule has 1 aromatic carbocycles. The SMILES string of the molecule is Cc1cc(C(F)(F)F)ccc1P(=O)(O)O. The van der Waals surface area contributed by atoms with Crippen molar-refractivity contribution in [2.75, 3.05) is 0 Å². The van der Waals surface area contributed by atoms with Gasteiger partial charge in [0.05, 0.1) is 10.9 Å². The molecule has 0 unspecified atom stereocenters. The van der Waals surface area contributed by atoms with Gasteiger partial charge in [-0.3, -0.25) is 4.57 Å². The maximum atomic E-state index is 12.2. The van der Waals surface area contributed by atoms with Crippen LogP contribution in [0.25, 0.3) is 0 Å². The van der Waals surface area contributed by atoms with Crippen molar-refractivity contribution < 1.29 is 27.5 Å². The Morgan fingerprint density at radius 2 is 1.80 bits per heavy atom. The van der Waals surface area contributed by atoms with Gasteiger partial charge in [0.1, 0.15) is 0 Å². The molecule has 0 saturated carbocycles. The molecule has 0 heterocycles. The highest BCUT2D eigenvalue weighted by molar-refractivity contribution is 7.60. The average molecular weight is 240 g/mol. The van der Waals surface area contributed by atoms with Crippen molar-refractivity contribution >= 4 is 12.9 Å². The van der Waals surface area contributed by atoms with Gasteiger partial charge in [0.2, 0.25) is 0 Å². The van der Waals surface area contributed by atoms with Gasteiger partial charge < -0.3 is 9.79 Å². The molecule has 0 amide bonds. The van der Waals surface area contributed by atoms with E-state index in [1.807, 2.05) is 0 Å². The molecule has 0 aliphatic rings. The second-order valence-electron chi connectivity index (χ2n) is 3.04. The standard InChI is InChI=1S/C8H8F3O3P/c1-5-4-6(8(9,10)11)2-3-7(5)15(12,13)14/h2-4H,1H3,(H2,12,13,14). The molecule has 1 aromatic rings. The quantitative estimate of drug-likeness (QED) is 0.736. The Hall–Kier alpha value is -0.840. The fourth-order valence-corrected chi connectivity index (χ4v) is 1.95. The van der Waals surface area contributed by atoms with Crippen LogP contribution in [0.1, 0.15) is 11.1 Å². The number of alkyl halides is 3. The van der Waals surface area contributed by atoms with Crippen molar-refractivity contribution in [1.82, 2.24) is 0 Å². The topological polar surface area (TPSA) is 57.5 Å². The lowest BCUT2D eigenvalue weighted by molar-refractivity contribution is -0.137. The summed E-state index contributed by atoms with van der Waals surface area (Å²) in [4.78, 5) is 17.6. The first kappa shape index (κ1) is 12.2. The summed E-state index contributed by atoms with van der Waals surface area (Å²) in [5.41, 5.74) is -0.990. The minimum absolute atomic E-state index is 0.0711. The van der Waals surface area contributed by atoms with Crippen LogP contribution < -0.4 is 5.30 Å². The van der Waals surface area contributed by atoms with Crippen molar-refractivity contribution in [3.63, 3.8) is 0 Å². The number of hydrogen-bond acceptors (Lipinski definition) is 1. The van der Waals surface area contributed by atoms with Crippen molar-refractivity contribution in [3.8, 4) is 0 Å². The van der Waals surface area contributed by atoms with E-state index in [4.69, 9.17) is 9.79 Å². The van der Waals surface area contributed by atoms with Crippen molar-refractivity contribution in [3.05, 3.63) is 29.3 Å². The predicted molar refractivity (Wildman–Crippen MR) is 47.9 cm³/mol. The van der Waals surface area contributed by atoms with E-state index >= 15 is 0 Å². The zero-order chi connectivity index (χ0) is 11.9. The van der Waals surface area contributed by atoms with E-state index < -0.39 is 19.3 Å². The lowest BCUT2D eigenvalue weighted by atomic mass is 10.1. The highest BCUT2D eigenvalue weighted by Gasteiger charge is 2.32. The smallest absolute Gasteiger partial charge is 0.321 e. The van der Waals surface area contributed by atoms with Crippen LogP contribution in [0.5, 0.6) is 0 Å². The third-order valence-electron chi connectivity index (χ3n) is 1.84. The predicted octanol–water partition coefficient (Wildman–Crippen LogP) is 1.82. The van der Waals surface area contributed by atoms with Gasteiger partial charge in [-0.2, -0.15) is 13.2 Å². The lowest BCUT2D eigenvalue weighted by Gasteiger charge is -2.11. The highest BCUT2D eigenvalue weighted by atomic mass is 31.2. The van der Waals surface area contributed by atoms with Gasteiger partial charge in [0.15, 0.2) is 0 Å². The maximum absolute atomic E-state index is 12.2. The minimum Gasteiger partial charge on any atom is -0.321 e. The van der Waals surface area contributed by atoms with Gasteiger partial charge in [-0.15, -0.1) is 0 Å². The largest absolute Gasteiger partial charge is 0.416 e. The van der Waals surface area contributed by atoms with E-state index in [9.17, 15) is 17.7 Å². The molecule has 15 heavy (non-hydrogen) atoms. The molecule has 0 saturated heterocycles. The lowest BCUT2D eigenvalue weighted by Crippen LogP contribution is -2.12. The van der Waals surface area contributed by atoms with E-state index in [1.165, 1.54) is 6.92 Å². The van der Waals surface area contributed by atoms with E-state index in [0.717, 1.165) is 6.07 Å². The Labute approximate surface area is 83.7 Å². The van der Waals surface area contributed by atoms with Crippen LogP contribution in [-0.4, -0.2) is 9.79 Å². The normalized spacial score (nSPS) is 12.9. The second kappa shape index (κ2) is 3.63. The fraction of sp³-hybridized carbons (Fsp3) is 0.250. The molecule has 0 bridgehead atoms. The fourth-order valence-electron chi connectivity index (χ4n) is 1.16. The Bertz CT molecular complexity index is 422. The number of benzene rings is 1. The number of halogens is 3. The minimum atomic E-state index is -4.50. The summed E-state index contributed by atoms with van der Waals surface area (Å²) >= 11 is 0. The highest BCUT2D eigenvalue weighted by Crippen LogP contribution is 2.36. The van der Waals surface area contributed by atoms with E-state index in [0.29, 0.717) is 12.1 Å². The van der Waals surface area contributed by atoms with Gasteiger partial charge in [-0.25, -0.2) is 0 Å². The Morgan fingerprint density at radius 3 is 2.13 bits per heavy atom. The summed E-state index contributed by atoms with van der Waals surface area (Å²) in [6, 6.07) is 2.18. The molecule has 1 rings (SSSR count). The summed E-state index contributed by atoms with van der Waals surface area (Å²) < 4.78 is 47.4. The van der Waals surface area contributed by atoms with Crippen LogP contribution >= 0.6 is 7.60 Å². The third-order valence-corrected chi connectivity index (χ3v) is 2.97. The Morgan fingerprint density at radius 1 is 1.27 bits per heavy atom. The Kier molecular flexibility index (Phi) is 2.96. The first-order valence-electron chi connectivity index (χ1n) is 3.86. The maximum Gasteiger partial charge on any atom is 0.416 e.